The average Bonchev–Trinajstić information content (AvgIpc) is 3.07. The van der Waals surface area contributed by atoms with E-state index >= 15 is 0 Å². The summed E-state index contributed by atoms with van der Waals surface area (Å²) in [6.07, 6.45) is -6.94. The highest BCUT2D eigenvalue weighted by Gasteiger charge is 2.35. The summed E-state index contributed by atoms with van der Waals surface area (Å²) < 4.78 is 1.22. The van der Waals surface area contributed by atoms with Crippen molar-refractivity contribution < 1.29 is 30.3 Å². The summed E-state index contributed by atoms with van der Waals surface area (Å²) in [5.74, 6) is -0.240. The van der Waals surface area contributed by atoms with E-state index in [0.29, 0.717) is 27.8 Å². The van der Waals surface area contributed by atoms with Crippen molar-refractivity contribution in [3.63, 3.8) is 0 Å². The molecule has 1 aliphatic rings. The SMILES string of the molecule is O=C1c2ccccc2-c2c1c1ccccc1c(=O)n2C[C@H](O)[C@H](O)[C@H](O)[C@H](O)CO. The van der Waals surface area contributed by atoms with Crippen molar-refractivity contribution in [3.05, 3.63) is 70.0 Å². The molecular weight excluding hydrogens is 390 g/mol. The minimum absolute atomic E-state index is 0.240. The van der Waals surface area contributed by atoms with E-state index in [9.17, 15) is 30.0 Å². The zero-order chi connectivity index (χ0) is 21.6. The molecule has 0 amide bonds. The Kier molecular flexibility index (Phi) is 5.27. The highest BCUT2D eigenvalue weighted by Crippen LogP contribution is 2.39. The van der Waals surface area contributed by atoms with Gasteiger partial charge in [0.1, 0.15) is 24.4 Å². The molecule has 1 aliphatic carbocycles. The fourth-order valence-corrected chi connectivity index (χ4v) is 3.96. The molecular formula is C22H21NO7. The number of nitrogens with zero attached hydrogens (tertiary/aromatic N) is 1. The Bertz CT molecular complexity index is 1190. The van der Waals surface area contributed by atoms with Gasteiger partial charge in [-0.3, -0.25) is 9.59 Å². The van der Waals surface area contributed by atoms with Crippen molar-refractivity contribution in [1.29, 1.82) is 0 Å². The first kappa shape index (κ1) is 20.4. The molecule has 0 unspecified atom stereocenters. The molecule has 0 aliphatic heterocycles. The smallest absolute Gasteiger partial charge is 0.259 e. The number of carbonyl (C=O) groups is 1. The molecule has 5 N–H and O–H groups in total. The van der Waals surface area contributed by atoms with E-state index in [2.05, 4.69) is 0 Å². The van der Waals surface area contributed by atoms with Crippen LogP contribution in [0.4, 0.5) is 0 Å². The number of pyridine rings is 1. The lowest BCUT2D eigenvalue weighted by Crippen LogP contribution is -2.48. The number of fused-ring (bicyclic) bond motifs is 5. The first-order valence-electron chi connectivity index (χ1n) is 9.49. The summed E-state index contributed by atoms with van der Waals surface area (Å²) >= 11 is 0. The Morgan fingerprint density at radius 2 is 1.33 bits per heavy atom. The number of hydrogen-bond donors (Lipinski definition) is 5. The van der Waals surface area contributed by atoms with Gasteiger partial charge in [-0.2, -0.15) is 0 Å². The molecule has 4 atom stereocenters. The first-order valence-corrected chi connectivity index (χ1v) is 9.49. The maximum Gasteiger partial charge on any atom is 0.259 e. The molecule has 0 saturated carbocycles. The van der Waals surface area contributed by atoms with E-state index in [0.717, 1.165) is 0 Å². The third-order valence-electron chi connectivity index (χ3n) is 5.53. The van der Waals surface area contributed by atoms with Gasteiger partial charge in [-0.15, -0.1) is 0 Å². The summed E-state index contributed by atoms with van der Waals surface area (Å²) in [6.45, 7) is -1.23. The van der Waals surface area contributed by atoms with Gasteiger partial charge in [0.25, 0.3) is 5.56 Å². The summed E-state index contributed by atoms with van der Waals surface area (Å²) in [5, 5.41) is 49.9. The average molecular weight is 411 g/mol. The van der Waals surface area contributed by atoms with Crippen LogP contribution in [0.5, 0.6) is 0 Å². The fraction of sp³-hybridized carbons (Fsp3) is 0.273. The standard InChI is InChI=1S/C22H21NO7/c24-10-16(26)21(29)20(28)15(25)9-23-18-12-6-2-3-7-13(12)19(27)17(18)11-5-1-4-8-14(11)22(23)30/h1-8,15-16,20-21,24-26,28-29H,9-10H2/t15-,16+,20-,21+/m0/s1. The summed E-state index contributed by atoms with van der Waals surface area (Å²) in [7, 11) is 0. The van der Waals surface area contributed by atoms with Crippen LogP contribution >= 0.6 is 0 Å². The molecule has 0 fully saturated rings. The number of aromatic nitrogens is 1. The van der Waals surface area contributed by atoms with Gasteiger partial charge in [0.2, 0.25) is 0 Å². The second kappa shape index (κ2) is 7.75. The number of hydrogen-bond acceptors (Lipinski definition) is 7. The van der Waals surface area contributed by atoms with Gasteiger partial charge in [-0.05, 0) is 6.07 Å². The summed E-state index contributed by atoms with van der Waals surface area (Å²) in [4.78, 5) is 26.3. The van der Waals surface area contributed by atoms with E-state index in [1.165, 1.54) is 4.57 Å². The minimum Gasteiger partial charge on any atom is -0.394 e. The molecule has 0 radical (unpaired) electrons. The lowest BCUT2D eigenvalue weighted by molar-refractivity contribution is -0.117. The maximum absolute atomic E-state index is 13.2. The van der Waals surface area contributed by atoms with Gasteiger partial charge in [0.05, 0.1) is 24.4 Å². The van der Waals surface area contributed by atoms with Crippen LogP contribution in [0.1, 0.15) is 15.9 Å². The highest BCUT2D eigenvalue weighted by molar-refractivity contribution is 6.26. The predicted octanol–water partition coefficient (Wildman–Crippen LogP) is -0.351. The van der Waals surface area contributed by atoms with Gasteiger partial charge in [-0.1, -0.05) is 42.5 Å². The van der Waals surface area contributed by atoms with Gasteiger partial charge in [-0.25, -0.2) is 0 Å². The fourth-order valence-electron chi connectivity index (χ4n) is 3.96. The molecule has 1 heterocycles. The van der Waals surface area contributed by atoms with Crippen LogP contribution in [0.3, 0.4) is 0 Å². The molecule has 4 rings (SSSR count). The molecule has 8 heteroatoms. The quantitative estimate of drug-likeness (QED) is 0.292. The lowest BCUT2D eigenvalue weighted by Gasteiger charge is -2.27. The van der Waals surface area contributed by atoms with E-state index < -0.39 is 43.1 Å². The van der Waals surface area contributed by atoms with Gasteiger partial charge < -0.3 is 30.1 Å². The van der Waals surface area contributed by atoms with Crippen LogP contribution in [-0.2, 0) is 6.54 Å². The molecule has 3 aromatic rings. The van der Waals surface area contributed by atoms with E-state index in [1.807, 2.05) is 0 Å². The van der Waals surface area contributed by atoms with Crippen molar-refractivity contribution in [2.24, 2.45) is 0 Å². The molecule has 1 aromatic heterocycles. The van der Waals surface area contributed by atoms with E-state index in [1.54, 1.807) is 48.5 Å². The van der Waals surface area contributed by atoms with Gasteiger partial charge in [0.15, 0.2) is 5.78 Å². The number of aliphatic hydroxyl groups is 5. The Morgan fingerprint density at radius 1 is 0.767 bits per heavy atom. The Morgan fingerprint density at radius 3 is 2.00 bits per heavy atom. The van der Waals surface area contributed by atoms with Crippen LogP contribution in [0.25, 0.3) is 22.0 Å². The number of ketones is 1. The van der Waals surface area contributed by atoms with Crippen LogP contribution in [0, 0.1) is 0 Å². The second-order valence-electron chi connectivity index (χ2n) is 7.36. The van der Waals surface area contributed by atoms with Gasteiger partial charge >= 0.3 is 0 Å². The maximum atomic E-state index is 13.2. The van der Waals surface area contributed by atoms with Crippen molar-refractivity contribution in [1.82, 2.24) is 4.57 Å². The van der Waals surface area contributed by atoms with Crippen molar-refractivity contribution in [3.8, 4) is 11.3 Å². The highest BCUT2D eigenvalue weighted by atomic mass is 16.4. The van der Waals surface area contributed by atoms with E-state index in [-0.39, 0.29) is 11.2 Å². The third-order valence-corrected chi connectivity index (χ3v) is 5.53. The Hall–Kier alpha value is -2.88. The molecule has 0 saturated heterocycles. The van der Waals surface area contributed by atoms with E-state index in [4.69, 9.17) is 5.11 Å². The largest absolute Gasteiger partial charge is 0.394 e. The van der Waals surface area contributed by atoms with Crippen molar-refractivity contribution in [2.45, 2.75) is 31.0 Å². The molecule has 156 valence electrons. The molecule has 8 nitrogen and oxygen atoms in total. The minimum atomic E-state index is -1.83. The monoisotopic (exact) mass is 411 g/mol. The van der Waals surface area contributed by atoms with Crippen LogP contribution in [-0.4, -0.2) is 66.9 Å². The Balaban J connectivity index is 1.89. The first-order chi connectivity index (χ1) is 14.4. The number of carbonyl (C=O) groups excluding carboxylic acids is 1. The molecule has 0 bridgehead atoms. The predicted molar refractivity (Wildman–Crippen MR) is 108 cm³/mol. The Labute approximate surface area is 170 Å². The summed E-state index contributed by atoms with van der Waals surface area (Å²) in [6, 6.07) is 13.5. The number of aliphatic hydroxyl groups excluding tert-OH is 5. The zero-order valence-corrected chi connectivity index (χ0v) is 15.8. The normalized spacial score (nSPS) is 16.8. The number of benzene rings is 2. The third kappa shape index (κ3) is 3.06. The molecule has 30 heavy (non-hydrogen) atoms. The van der Waals surface area contributed by atoms with Crippen LogP contribution < -0.4 is 5.56 Å². The second-order valence-corrected chi connectivity index (χ2v) is 7.36. The lowest BCUT2D eigenvalue weighted by atomic mass is 10.0. The molecule has 2 aromatic carbocycles. The van der Waals surface area contributed by atoms with Crippen molar-refractivity contribution in [2.75, 3.05) is 6.61 Å². The topological polar surface area (TPSA) is 140 Å². The van der Waals surface area contributed by atoms with Gasteiger partial charge in [0, 0.05) is 21.9 Å². The van der Waals surface area contributed by atoms with Crippen molar-refractivity contribution >= 4 is 16.6 Å². The zero-order valence-electron chi connectivity index (χ0n) is 15.8. The van der Waals surface area contributed by atoms with Crippen LogP contribution in [0.2, 0.25) is 0 Å². The number of rotatable bonds is 6. The molecule has 0 spiro atoms. The summed E-state index contributed by atoms with van der Waals surface area (Å²) in [5.41, 5.74) is 1.19. The van der Waals surface area contributed by atoms with Crippen LogP contribution in [0.15, 0.2) is 53.3 Å².